The number of hydrogen-bond donors (Lipinski definition) is 25. The number of guanidine groups is 1. The number of phenolic OH excluding ortho intramolecular Hbond substituents is 2. The molecule has 6 rings (SSSR count). The van der Waals surface area contributed by atoms with Gasteiger partial charge in [0, 0.05) is 60.8 Å². The van der Waals surface area contributed by atoms with E-state index in [1.807, 2.05) is 0 Å². The number of carboxylic acid groups (broad SMARTS) is 1. The third-order valence-corrected chi connectivity index (χ3v) is 21.7. The summed E-state index contributed by atoms with van der Waals surface area (Å²) in [5.41, 5.74) is 18.5. The number of amides is 15. The largest absolute Gasteiger partial charge is 0.508 e. The Labute approximate surface area is 692 Å². The van der Waals surface area contributed by atoms with Crippen molar-refractivity contribution < 1.29 is 102 Å². The number of phenols is 2. The van der Waals surface area contributed by atoms with Crippen LogP contribution in [0.1, 0.15) is 109 Å². The van der Waals surface area contributed by atoms with E-state index in [9.17, 15) is 68.7 Å². The van der Waals surface area contributed by atoms with Gasteiger partial charge in [-0.1, -0.05) is 98.2 Å². The number of carboxylic acids is 1. The number of aliphatic carboxylic acids is 1. The van der Waals surface area contributed by atoms with E-state index in [4.69, 9.17) is 22.6 Å². The average molecular weight is 1700 g/mol. The molecule has 3 aromatic carbocycles. The van der Waals surface area contributed by atoms with Gasteiger partial charge >= 0.3 is 5.97 Å². The molecule has 0 saturated carbocycles. The minimum absolute atomic E-state index is 0.00509. The second kappa shape index (κ2) is 48.1. The molecule has 28 N–H and O–H groups in total. The molecule has 0 spiro atoms. The van der Waals surface area contributed by atoms with Crippen LogP contribution in [0.15, 0.2) is 79.0 Å². The number of aromatic nitrogens is 1. The first-order valence-corrected chi connectivity index (χ1v) is 41.2. The number of aliphatic hydroxyl groups excluding tert-OH is 2. The van der Waals surface area contributed by atoms with Gasteiger partial charge < -0.3 is 127 Å². The zero-order chi connectivity index (χ0) is 87.6. The molecule has 2 bridgehead atoms. The molecular formula is C76H108N20O21S2. The van der Waals surface area contributed by atoms with E-state index >= 15 is 33.6 Å². The van der Waals surface area contributed by atoms with Gasteiger partial charge in [-0.3, -0.25) is 82.1 Å². The maximum absolute atomic E-state index is 15.5. The van der Waals surface area contributed by atoms with Crippen molar-refractivity contribution in [3.05, 3.63) is 95.7 Å². The van der Waals surface area contributed by atoms with E-state index in [0.29, 0.717) is 27.6 Å². The van der Waals surface area contributed by atoms with E-state index in [-0.39, 0.29) is 69.5 Å². The van der Waals surface area contributed by atoms with E-state index < -0.39 is 261 Å². The van der Waals surface area contributed by atoms with Gasteiger partial charge in [-0.15, -0.1) is 0 Å². The number of H-pyrrole nitrogens is 1. The van der Waals surface area contributed by atoms with E-state index in [2.05, 4.69) is 84.7 Å². The smallest absolute Gasteiger partial charge is 0.305 e. The molecular weight excluding hydrogens is 1590 g/mol. The fourth-order valence-electron chi connectivity index (χ4n) is 12.5. The third kappa shape index (κ3) is 31.5. The lowest BCUT2D eigenvalue weighted by Crippen LogP contribution is -2.62. The van der Waals surface area contributed by atoms with Crippen LogP contribution in [0.2, 0.25) is 0 Å². The van der Waals surface area contributed by atoms with Crippen LogP contribution in [-0.4, -0.2) is 254 Å². The predicted molar refractivity (Wildman–Crippen MR) is 434 cm³/mol. The first-order chi connectivity index (χ1) is 56.6. The maximum Gasteiger partial charge on any atom is 0.305 e. The van der Waals surface area contributed by atoms with Crippen LogP contribution in [0.5, 0.6) is 11.5 Å². The number of unbranched alkanes of at least 4 members (excludes halogenated alkanes) is 1. The number of rotatable bonds is 25. The number of nitrogens with two attached hydrogens (primary N) is 3. The van der Waals surface area contributed by atoms with Crippen LogP contribution in [-0.2, 0) is 96.0 Å². The van der Waals surface area contributed by atoms with Crippen molar-refractivity contribution in [2.24, 2.45) is 29.0 Å². The van der Waals surface area contributed by atoms with Gasteiger partial charge in [0.05, 0.1) is 26.2 Å². The molecule has 2 aliphatic heterocycles. The Bertz CT molecular complexity index is 4240. The molecule has 0 aliphatic carbocycles. The average Bonchev–Trinajstić information content (AvgIpc) is 1.73. The maximum atomic E-state index is 15.5. The van der Waals surface area contributed by atoms with Crippen molar-refractivity contribution >= 4 is 133 Å². The first-order valence-electron chi connectivity index (χ1n) is 38.7. The van der Waals surface area contributed by atoms with Crippen LogP contribution in [0.25, 0.3) is 10.9 Å². The minimum atomic E-state index is -2.10. The molecule has 3 heterocycles. The molecule has 2 aliphatic rings. The lowest BCUT2D eigenvalue weighted by Gasteiger charge is -2.29. The number of primary amides is 1. The van der Waals surface area contributed by atoms with Gasteiger partial charge in [-0.25, -0.2) is 0 Å². The lowest BCUT2D eigenvalue weighted by molar-refractivity contribution is -0.141. The zero-order valence-corrected chi connectivity index (χ0v) is 67.8. The number of benzene rings is 3. The van der Waals surface area contributed by atoms with Crippen molar-refractivity contribution in [1.82, 2.24) is 84.7 Å². The molecule has 4 aromatic rings. The van der Waals surface area contributed by atoms with Gasteiger partial charge in [0.2, 0.25) is 88.6 Å². The number of aliphatic hydroxyl groups is 2. The van der Waals surface area contributed by atoms with Gasteiger partial charge in [0.25, 0.3) is 0 Å². The van der Waals surface area contributed by atoms with Crippen molar-refractivity contribution in [2.45, 2.75) is 190 Å². The van der Waals surface area contributed by atoms with Crippen LogP contribution in [0, 0.1) is 17.2 Å². The van der Waals surface area contributed by atoms with Crippen molar-refractivity contribution in [1.29, 1.82) is 5.41 Å². The number of aromatic amines is 1. The lowest BCUT2D eigenvalue weighted by atomic mass is 9.98. The molecule has 43 heteroatoms. The Morgan fingerprint density at radius 1 is 0.504 bits per heavy atom. The van der Waals surface area contributed by atoms with Crippen LogP contribution >= 0.6 is 21.6 Å². The summed E-state index contributed by atoms with van der Waals surface area (Å²) in [4.78, 5) is 235. The highest BCUT2D eigenvalue weighted by Crippen LogP contribution is 2.26. The molecule has 15 amide bonds. The fraction of sp³-hybridized carbons (Fsp3) is 0.513. The number of carbonyl (C=O) groups is 16. The number of hydrogen-bond acceptors (Lipinski definition) is 24. The topological polar surface area (TPSA) is 672 Å². The Hall–Kier alpha value is -11.8. The van der Waals surface area contributed by atoms with E-state index in [1.54, 1.807) is 52.0 Å². The first kappa shape index (κ1) is 96.0. The van der Waals surface area contributed by atoms with Crippen molar-refractivity contribution in [3.63, 3.8) is 0 Å². The molecule has 41 nitrogen and oxygen atoms in total. The summed E-state index contributed by atoms with van der Waals surface area (Å²) in [6, 6.07) is -5.74. The SMILES string of the molecule is CC[C@H](C)[C@@H]1NC(=O)CNC(=O)C(CCCNC(=N)N)NC(=O)C(CO)NC(=O)[C@H](CO)NC(=O)[C@H](Cc2ccc(O)cc2)NC(=O)[C@H](CCCCN)NC(=O)[C@@H]2CSSC[C@H](NC1=O)C(=O)N[C@@H](Cc1c[nH]c3ccccc13)C(=O)N[C@@H](CC(=O)O)C(=O)N[C@@H](CCC(N)=O)C(=O)N[C@@H](Cc1ccc(O)cc1)C(=O)NC(CC(C)C)C(=O)N2. The zero-order valence-electron chi connectivity index (χ0n) is 66.1. The summed E-state index contributed by atoms with van der Waals surface area (Å²) in [7, 11) is 1.59. The Morgan fingerprint density at radius 3 is 1.44 bits per heavy atom. The highest BCUT2D eigenvalue weighted by atomic mass is 33.1. The monoisotopic (exact) mass is 1700 g/mol. The van der Waals surface area contributed by atoms with Gasteiger partial charge in [-0.05, 0) is 110 Å². The normalized spacial score (nSPS) is 24.4. The number of nitrogens with one attached hydrogen (secondary N) is 17. The van der Waals surface area contributed by atoms with Crippen LogP contribution in [0.3, 0.4) is 0 Å². The van der Waals surface area contributed by atoms with Crippen LogP contribution in [0.4, 0.5) is 0 Å². The second-order valence-electron chi connectivity index (χ2n) is 29.1. The quantitative estimate of drug-likeness (QED) is 0.0127. The molecule has 0 radical (unpaired) electrons. The number of carbonyl (C=O) groups excluding carboxylic acids is 15. The van der Waals surface area contributed by atoms with Crippen molar-refractivity contribution in [2.75, 3.05) is 44.4 Å². The summed E-state index contributed by atoms with van der Waals surface area (Å²) < 4.78 is 0. The van der Waals surface area contributed by atoms with Crippen LogP contribution < -0.4 is 97.0 Å². The molecule has 2 fully saturated rings. The molecule has 3 unspecified atom stereocenters. The summed E-state index contributed by atoms with van der Waals surface area (Å²) in [5.74, 6) is -21.7. The molecule has 14 atom stereocenters. The molecule has 2 saturated heterocycles. The van der Waals surface area contributed by atoms with Gasteiger partial charge in [0.15, 0.2) is 5.96 Å². The van der Waals surface area contributed by atoms with E-state index in [0.717, 1.165) is 21.6 Å². The number of aromatic hydroxyl groups is 2. The van der Waals surface area contributed by atoms with Gasteiger partial charge in [0.1, 0.15) is 90.0 Å². The Morgan fingerprint density at radius 2 is 0.933 bits per heavy atom. The summed E-state index contributed by atoms with van der Waals surface area (Å²) in [5, 5.41) is 97.7. The van der Waals surface area contributed by atoms with Gasteiger partial charge in [-0.2, -0.15) is 0 Å². The standard InChI is InChI=1S/C76H108N20O21S2/c1-5-39(4)62-75(117)95-58-37-119-118-36-57(73(115)85-48(13-8-9-25-77)64(106)88-52(29-41-17-21-44(100)22-18-41)68(110)92-56(35-98)72(114)93-55(34-97)71(113)84-47(14-10-26-81-76(79)80)63(105)83-33-60(102)96-62)94-66(108)50(27-38(2)3)87-67(109)51(28-40-15-19-43(99)20-16-40)89-65(107)49(23-24-59(78)101)86-70(112)54(31-61(103)104)91-69(111)53(90-74(58)116)30-42-32-82-46-12-7-6-11-45(42)46/h6-7,11-12,15-22,32,38-39,47-58,62,82,97-100H,5,8-10,13-14,23-31,33-37,77H2,1-4H3,(H2,78,101)(H,83,105)(H,84,113)(H,85,115)(H,86,112)(H,87,109)(H,88,106)(H,89,107)(H,90,116)(H,91,111)(H,92,110)(H,93,114)(H,94,108)(H,95,117)(H,96,102)(H,103,104)(H4,79,80,81)/t39-,47?,48-,49-,50?,51-,52-,53-,54-,55?,56-,57-,58-,62-/m0/s1. The predicted octanol–water partition coefficient (Wildman–Crippen LogP) is -5.36. The van der Waals surface area contributed by atoms with Crippen molar-refractivity contribution in [3.8, 4) is 11.5 Å². The fourth-order valence-corrected chi connectivity index (χ4v) is 14.9. The Balaban J connectivity index is 1.57. The van der Waals surface area contributed by atoms with E-state index in [1.165, 1.54) is 54.7 Å². The number of para-hydroxylation sites is 1. The highest BCUT2D eigenvalue weighted by molar-refractivity contribution is 8.76. The summed E-state index contributed by atoms with van der Waals surface area (Å²) >= 11 is 0. The second-order valence-corrected chi connectivity index (χ2v) is 31.7. The number of fused-ring (bicyclic) bond motifs is 6. The summed E-state index contributed by atoms with van der Waals surface area (Å²) in [6.45, 7) is 3.37. The molecule has 119 heavy (non-hydrogen) atoms. The summed E-state index contributed by atoms with van der Waals surface area (Å²) in [6.07, 6.45) is -2.31. The minimum Gasteiger partial charge on any atom is -0.508 e. The molecule has 650 valence electrons. The molecule has 1 aromatic heterocycles. The third-order valence-electron chi connectivity index (χ3n) is 19.3. The Kier molecular flexibility index (Phi) is 38.8. The highest BCUT2D eigenvalue weighted by Gasteiger charge is 2.40.